The Labute approximate surface area is 114 Å². The number of hydrogen-bond donors (Lipinski definition) is 1. The number of ether oxygens (including phenoxy) is 1. The van der Waals surface area contributed by atoms with Crippen molar-refractivity contribution in [3.05, 3.63) is 29.6 Å². The summed E-state index contributed by atoms with van der Waals surface area (Å²) in [6.45, 7) is 2.03. The summed E-state index contributed by atoms with van der Waals surface area (Å²) in [5.74, 6) is 0.765. The topological polar surface area (TPSA) is 38.5 Å². The van der Waals surface area contributed by atoms with Gasteiger partial charge in [0.15, 0.2) is 11.6 Å². The van der Waals surface area contributed by atoms with Gasteiger partial charge in [0.1, 0.15) is 0 Å². The fourth-order valence-electron chi connectivity index (χ4n) is 2.65. The predicted octanol–water partition coefficient (Wildman–Crippen LogP) is 2.05. The molecule has 0 radical (unpaired) electrons. The molecule has 1 saturated carbocycles. The van der Waals surface area contributed by atoms with Gasteiger partial charge in [0.2, 0.25) is 0 Å². The van der Waals surface area contributed by atoms with Crippen molar-refractivity contribution in [3.8, 4) is 5.75 Å². The monoisotopic (exact) mass is 266 g/mol. The number of hydrogen-bond acceptors (Lipinski definition) is 3. The second-order valence-electron chi connectivity index (χ2n) is 5.58. The molecular weight excluding hydrogens is 243 g/mol. The van der Waals surface area contributed by atoms with Gasteiger partial charge in [-0.2, -0.15) is 0 Å². The van der Waals surface area contributed by atoms with Crippen LogP contribution in [0.5, 0.6) is 5.75 Å². The molecule has 0 atom stereocenters. The first-order valence-electron chi connectivity index (χ1n) is 6.85. The van der Waals surface area contributed by atoms with Crippen LogP contribution in [-0.4, -0.2) is 38.2 Å². The van der Waals surface area contributed by atoms with E-state index in [1.165, 1.54) is 7.11 Å². The first-order chi connectivity index (χ1) is 9.08. The number of methoxy groups -OCH3 is 1. The van der Waals surface area contributed by atoms with E-state index in [1.54, 1.807) is 12.1 Å². The summed E-state index contributed by atoms with van der Waals surface area (Å²) in [6, 6.07) is 5.59. The predicted molar refractivity (Wildman–Crippen MR) is 74.9 cm³/mol. The highest BCUT2D eigenvalue weighted by Gasteiger charge is 2.26. The first-order valence-corrected chi connectivity index (χ1v) is 6.85. The van der Waals surface area contributed by atoms with Crippen molar-refractivity contribution in [2.45, 2.75) is 25.3 Å². The van der Waals surface area contributed by atoms with Gasteiger partial charge in [0, 0.05) is 19.1 Å². The van der Waals surface area contributed by atoms with Gasteiger partial charge in [0.25, 0.3) is 0 Å². The van der Waals surface area contributed by atoms with Gasteiger partial charge < -0.3 is 15.4 Å². The standard InChI is InChI=1S/C15H23FN2O/c1-18(10-12-7-13(17)8-12)6-5-11-3-4-15(19-2)14(16)9-11/h3-4,9,12-13H,5-8,10,17H2,1-2H3. The van der Waals surface area contributed by atoms with Gasteiger partial charge >= 0.3 is 0 Å². The molecule has 1 aliphatic rings. The van der Waals surface area contributed by atoms with Crippen LogP contribution in [0.4, 0.5) is 4.39 Å². The van der Waals surface area contributed by atoms with Crippen LogP contribution in [0.3, 0.4) is 0 Å². The average Bonchev–Trinajstić information content (AvgIpc) is 2.35. The van der Waals surface area contributed by atoms with E-state index in [4.69, 9.17) is 10.5 Å². The van der Waals surface area contributed by atoms with Crippen molar-refractivity contribution in [1.29, 1.82) is 0 Å². The summed E-state index contributed by atoms with van der Waals surface area (Å²) in [5.41, 5.74) is 6.79. The number of halogens is 1. The summed E-state index contributed by atoms with van der Waals surface area (Å²) in [7, 11) is 3.60. The molecule has 1 aliphatic carbocycles. The van der Waals surface area contributed by atoms with Crippen molar-refractivity contribution >= 4 is 0 Å². The molecule has 4 heteroatoms. The van der Waals surface area contributed by atoms with Crippen LogP contribution in [0.25, 0.3) is 0 Å². The van der Waals surface area contributed by atoms with Crippen molar-refractivity contribution in [2.24, 2.45) is 11.7 Å². The maximum absolute atomic E-state index is 13.5. The number of benzene rings is 1. The molecule has 1 aromatic rings. The molecule has 1 fully saturated rings. The first kappa shape index (κ1) is 14.3. The van der Waals surface area contributed by atoms with Gasteiger partial charge in [-0.1, -0.05) is 6.07 Å². The maximum Gasteiger partial charge on any atom is 0.165 e. The van der Waals surface area contributed by atoms with Crippen LogP contribution in [0.1, 0.15) is 18.4 Å². The lowest BCUT2D eigenvalue weighted by atomic mass is 9.80. The Morgan fingerprint density at radius 2 is 2.16 bits per heavy atom. The van der Waals surface area contributed by atoms with E-state index in [1.807, 2.05) is 6.07 Å². The molecule has 106 valence electrons. The summed E-state index contributed by atoms with van der Waals surface area (Å²) in [4.78, 5) is 2.30. The minimum atomic E-state index is -0.285. The summed E-state index contributed by atoms with van der Waals surface area (Å²) in [6.07, 6.45) is 3.14. The highest BCUT2D eigenvalue weighted by Crippen LogP contribution is 2.26. The quantitative estimate of drug-likeness (QED) is 0.856. The third-order valence-electron chi connectivity index (χ3n) is 3.84. The summed E-state index contributed by atoms with van der Waals surface area (Å²) < 4.78 is 18.5. The molecule has 19 heavy (non-hydrogen) atoms. The van der Waals surface area contributed by atoms with Crippen LogP contribution >= 0.6 is 0 Å². The smallest absolute Gasteiger partial charge is 0.165 e. The van der Waals surface area contributed by atoms with Crippen LogP contribution < -0.4 is 10.5 Å². The van der Waals surface area contributed by atoms with Crippen molar-refractivity contribution in [3.63, 3.8) is 0 Å². The van der Waals surface area contributed by atoms with Crippen LogP contribution in [0.2, 0.25) is 0 Å². The largest absolute Gasteiger partial charge is 0.494 e. The zero-order valence-electron chi connectivity index (χ0n) is 11.7. The Kier molecular flexibility index (Phi) is 4.77. The average molecular weight is 266 g/mol. The molecule has 0 aromatic heterocycles. The molecule has 0 unspecified atom stereocenters. The minimum Gasteiger partial charge on any atom is -0.494 e. The Hall–Kier alpha value is -1.13. The fourth-order valence-corrected chi connectivity index (χ4v) is 2.65. The summed E-state index contributed by atoms with van der Waals surface area (Å²) in [5, 5.41) is 0. The third-order valence-corrected chi connectivity index (χ3v) is 3.84. The van der Waals surface area contributed by atoms with Crippen LogP contribution in [0.15, 0.2) is 18.2 Å². The van der Waals surface area contributed by atoms with E-state index in [0.29, 0.717) is 11.8 Å². The fraction of sp³-hybridized carbons (Fsp3) is 0.600. The number of rotatable bonds is 6. The van der Waals surface area contributed by atoms with E-state index >= 15 is 0 Å². The lowest BCUT2D eigenvalue weighted by Gasteiger charge is -2.35. The zero-order chi connectivity index (χ0) is 13.8. The van der Waals surface area contributed by atoms with Gasteiger partial charge in [-0.25, -0.2) is 4.39 Å². The van der Waals surface area contributed by atoms with E-state index in [9.17, 15) is 4.39 Å². The van der Waals surface area contributed by atoms with E-state index in [-0.39, 0.29) is 5.82 Å². The SMILES string of the molecule is COc1ccc(CCN(C)CC2CC(N)C2)cc1F. The van der Waals surface area contributed by atoms with E-state index in [0.717, 1.165) is 43.8 Å². The number of likely N-dealkylation sites (N-methyl/N-ethyl adjacent to an activating group) is 1. The Morgan fingerprint density at radius 1 is 1.42 bits per heavy atom. The van der Waals surface area contributed by atoms with Crippen molar-refractivity contribution < 1.29 is 9.13 Å². The van der Waals surface area contributed by atoms with Gasteiger partial charge in [0.05, 0.1) is 7.11 Å². The second kappa shape index (κ2) is 6.35. The van der Waals surface area contributed by atoms with Gasteiger partial charge in [-0.15, -0.1) is 0 Å². The molecule has 0 bridgehead atoms. The van der Waals surface area contributed by atoms with Gasteiger partial charge in [-0.05, 0) is 49.9 Å². The van der Waals surface area contributed by atoms with Crippen LogP contribution in [0, 0.1) is 11.7 Å². The molecule has 1 aromatic carbocycles. The molecule has 2 N–H and O–H groups in total. The molecule has 0 spiro atoms. The van der Waals surface area contributed by atoms with E-state index in [2.05, 4.69) is 11.9 Å². The molecule has 3 nitrogen and oxygen atoms in total. The number of nitrogens with two attached hydrogens (primary N) is 1. The Bertz CT molecular complexity index is 419. The molecule has 2 rings (SSSR count). The lowest BCUT2D eigenvalue weighted by Crippen LogP contribution is -2.42. The normalized spacial score (nSPS) is 22.4. The third kappa shape index (κ3) is 3.91. The van der Waals surface area contributed by atoms with E-state index < -0.39 is 0 Å². The summed E-state index contributed by atoms with van der Waals surface area (Å²) >= 11 is 0. The molecule has 0 saturated heterocycles. The highest BCUT2D eigenvalue weighted by molar-refractivity contribution is 5.29. The molecule has 0 amide bonds. The minimum absolute atomic E-state index is 0.285. The molecule has 0 heterocycles. The number of nitrogens with zero attached hydrogens (tertiary/aromatic N) is 1. The zero-order valence-corrected chi connectivity index (χ0v) is 11.7. The Balaban J connectivity index is 1.76. The maximum atomic E-state index is 13.5. The highest BCUT2D eigenvalue weighted by atomic mass is 19.1. The molecule has 0 aliphatic heterocycles. The lowest BCUT2D eigenvalue weighted by molar-refractivity contribution is 0.183. The Morgan fingerprint density at radius 3 is 2.74 bits per heavy atom. The molecular formula is C15H23FN2O. The van der Waals surface area contributed by atoms with Crippen molar-refractivity contribution in [2.75, 3.05) is 27.2 Å². The van der Waals surface area contributed by atoms with Crippen LogP contribution in [-0.2, 0) is 6.42 Å². The second-order valence-corrected chi connectivity index (χ2v) is 5.58. The van der Waals surface area contributed by atoms with Gasteiger partial charge in [-0.3, -0.25) is 0 Å². The van der Waals surface area contributed by atoms with Crippen molar-refractivity contribution in [1.82, 2.24) is 4.90 Å².